The van der Waals surface area contributed by atoms with E-state index in [0.717, 1.165) is 12.2 Å². The smallest absolute Gasteiger partial charge is 0.235 e. The van der Waals surface area contributed by atoms with Crippen molar-refractivity contribution in [1.29, 1.82) is 0 Å². The highest BCUT2D eigenvalue weighted by Crippen LogP contribution is 2.32. The summed E-state index contributed by atoms with van der Waals surface area (Å²) in [5.41, 5.74) is 0. The SMILES string of the molecule is Clc1nc(Cl)nc(N2C=C3CC2CO3)n1. The maximum Gasteiger partial charge on any atom is 0.235 e. The van der Waals surface area contributed by atoms with E-state index in [1.165, 1.54) is 0 Å². The van der Waals surface area contributed by atoms with E-state index in [4.69, 9.17) is 27.9 Å². The van der Waals surface area contributed by atoms with E-state index in [1.54, 1.807) is 0 Å². The Hall–Kier alpha value is -1.07. The summed E-state index contributed by atoms with van der Waals surface area (Å²) in [4.78, 5) is 13.7. The molecule has 1 saturated heterocycles. The number of hydrogen-bond donors (Lipinski definition) is 0. The van der Waals surface area contributed by atoms with Crippen LogP contribution in [0.4, 0.5) is 5.95 Å². The molecule has 7 heteroatoms. The van der Waals surface area contributed by atoms with Crippen LogP contribution < -0.4 is 4.90 Å². The largest absolute Gasteiger partial charge is 0.494 e. The summed E-state index contributed by atoms with van der Waals surface area (Å²) < 4.78 is 5.35. The first kappa shape index (κ1) is 9.18. The molecule has 3 rings (SSSR count). The quantitative estimate of drug-likeness (QED) is 0.752. The van der Waals surface area contributed by atoms with Gasteiger partial charge in [0.15, 0.2) is 0 Å². The molecule has 5 nitrogen and oxygen atoms in total. The average Bonchev–Trinajstić information content (AvgIpc) is 2.76. The van der Waals surface area contributed by atoms with Crippen molar-refractivity contribution in [3.8, 4) is 0 Å². The van der Waals surface area contributed by atoms with Crippen LogP contribution in [0.1, 0.15) is 6.42 Å². The van der Waals surface area contributed by atoms with Crippen LogP contribution in [-0.2, 0) is 4.74 Å². The molecule has 2 bridgehead atoms. The van der Waals surface area contributed by atoms with Gasteiger partial charge in [-0.2, -0.15) is 15.0 Å². The maximum atomic E-state index is 5.71. The molecule has 1 atom stereocenters. The van der Waals surface area contributed by atoms with Gasteiger partial charge in [-0.1, -0.05) is 0 Å². The van der Waals surface area contributed by atoms with E-state index in [2.05, 4.69) is 15.0 Å². The van der Waals surface area contributed by atoms with Gasteiger partial charge in [0.2, 0.25) is 16.5 Å². The average molecular weight is 245 g/mol. The van der Waals surface area contributed by atoms with Gasteiger partial charge >= 0.3 is 0 Å². The fourth-order valence-corrected chi connectivity index (χ4v) is 2.09. The number of aromatic nitrogens is 3. The van der Waals surface area contributed by atoms with Gasteiger partial charge in [0.1, 0.15) is 12.4 Å². The summed E-state index contributed by atoms with van der Waals surface area (Å²) in [5.74, 6) is 1.43. The molecule has 0 aliphatic carbocycles. The van der Waals surface area contributed by atoms with Crippen LogP contribution in [0.3, 0.4) is 0 Å². The second kappa shape index (κ2) is 3.21. The molecule has 1 fully saturated rings. The topological polar surface area (TPSA) is 51.1 Å². The van der Waals surface area contributed by atoms with Gasteiger partial charge in [-0.25, -0.2) is 0 Å². The minimum Gasteiger partial charge on any atom is -0.494 e. The molecule has 15 heavy (non-hydrogen) atoms. The normalized spacial score (nSPS) is 22.9. The third kappa shape index (κ3) is 1.52. The standard InChI is InChI=1S/C8H6Cl2N4O/c9-6-11-7(10)13-8(12-6)14-2-5-1-4(14)3-15-5/h2,4H,1,3H2. The number of fused-ring (bicyclic) bond motifs is 2. The predicted octanol–water partition coefficient (Wildman–Crippen LogP) is 1.63. The number of ether oxygens (including phenoxy) is 1. The number of anilines is 1. The van der Waals surface area contributed by atoms with Crippen molar-refractivity contribution in [3.63, 3.8) is 0 Å². The Morgan fingerprint density at radius 2 is 2.00 bits per heavy atom. The Morgan fingerprint density at radius 1 is 1.27 bits per heavy atom. The summed E-state index contributed by atoms with van der Waals surface area (Å²) in [6.07, 6.45) is 2.76. The Balaban J connectivity index is 2.00. The Morgan fingerprint density at radius 3 is 2.53 bits per heavy atom. The minimum absolute atomic E-state index is 0.104. The van der Waals surface area contributed by atoms with Crippen molar-refractivity contribution in [1.82, 2.24) is 15.0 Å². The van der Waals surface area contributed by atoms with Crippen molar-refractivity contribution in [2.45, 2.75) is 12.5 Å². The van der Waals surface area contributed by atoms with Crippen LogP contribution in [0.5, 0.6) is 0 Å². The lowest BCUT2D eigenvalue weighted by atomic mass is 10.3. The number of nitrogens with zero attached hydrogens (tertiary/aromatic N) is 4. The Labute approximate surface area is 95.7 Å². The lowest BCUT2D eigenvalue weighted by Gasteiger charge is -2.22. The van der Waals surface area contributed by atoms with Crippen molar-refractivity contribution >= 4 is 29.2 Å². The fourth-order valence-electron chi connectivity index (χ4n) is 1.74. The molecule has 1 unspecified atom stereocenters. The molecule has 1 aromatic heterocycles. The highest BCUT2D eigenvalue weighted by molar-refractivity contribution is 6.31. The highest BCUT2D eigenvalue weighted by atomic mass is 35.5. The van der Waals surface area contributed by atoms with Crippen LogP contribution >= 0.6 is 23.2 Å². The maximum absolute atomic E-state index is 5.71. The van der Waals surface area contributed by atoms with Crippen LogP contribution in [0, 0.1) is 0 Å². The second-order valence-corrected chi connectivity index (χ2v) is 4.02. The first-order valence-corrected chi connectivity index (χ1v) is 5.17. The van der Waals surface area contributed by atoms with Crippen molar-refractivity contribution < 1.29 is 4.74 Å². The van der Waals surface area contributed by atoms with Crippen LogP contribution in [-0.4, -0.2) is 27.6 Å². The molecule has 3 heterocycles. The van der Waals surface area contributed by atoms with Gasteiger partial charge in [0.05, 0.1) is 6.04 Å². The van der Waals surface area contributed by atoms with Crippen molar-refractivity contribution in [2.75, 3.05) is 11.5 Å². The lowest BCUT2D eigenvalue weighted by Crippen LogP contribution is -2.31. The monoisotopic (exact) mass is 244 g/mol. The van der Waals surface area contributed by atoms with Crippen LogP contribution in [0.25, 0.3) is 0 Å². The molecule has 1 aromatic rings. The zero-order valence-electron chi connectivity index (χ0n) is 7.52. The van der Waals surface area contributed by atoms with Gasteiger partial charge in [0, 0.05) is 12.6 Å². The lowest BCUT2D eigenvalue weighted by molar-refractivity contribution is 0.242. The molecule has 2 aliphatic rings. The molecule has 0 N–H and O–H groups in total. The highest BCUT2D eigenvalue weighted by Gasteiger charge is 2.34. The van der Waals surface area contributed by atoms with Gasteiger partial charge in [-0.05, 0) is 23.2 Å². The van der Waals surface area contributed by atoms with E-state index >= 15 is 0 Å². The zero-order valence-corrected chi connectivity index (χ0v) is 9.03. The van der Waals surface area contributed by atoms with Gasteiger partial charge in [0.25, 0.3) is 0 Å². The molecule has 0 saturated carbocycles. The Bertz CT molecular complexity index is 430. The number of hydrogen-bond acceptors (Lipinski definition) is 5. The van der Waals surface area contributed by atoms with Crippen LogP contribution in [0.2, 0.25) is 10.6 Å². The van der Waals surface area contributed by atoms with Crippen LogP contribution in [0.15, 0.2) is 12.0 Å². The summed E-state index contributed by atoms with van der Waals surface area (Å²) in [7, 11) is 0. The molecule has 0 radical (unpaired) electrons. The molecule has 0 spiro atoms. The van der Waals surface area contributed by atoms with Gasteiger partial charge < -0.3 is 9.64 Å². The predicted molar refractivity (Wildman–Crippen MR) is 54.8 cm³/mol. The van der Waals surface area contributed by atoms with Crippen molar-refractivity contribution in [2.24, 2.45) is 0 Å². The summed E-state index contributed by atoms with van der Waals surface area (Å²) >= 11 is 11.4. The third-order valence-electron chi connectivity index (χ3n) is 2.37. The van der Waals surface area contributed by atoms with Gasteiger partial charge in [-0.3, -0.25) is 0 Å². The molecule has 0 aromatic carbocycles. The van der Waals surface area contributed by atoms with E-state index < -0.39 is 0 Å². The summed E-state index contributed by atoms with van der Waals surface area (Å²) in [5, 5.41) is 0.208. The fraction of sp³-hybridized carbons (Fsp3) is 0.375. The van der Waals surface area contributed by atoms with E-state index in [0.29, 0.717) is 12.6 Å². The molecular weight excluding hydrogens is 239 g/mol. The van der Waals surface area contributed by atoms with Gasteiger partial charge in [-0.15, -0.1) is 0 Å². The first-order valence-electron chi connectivity index (χ1n) is 4.41. The molecule has 0 amide bonds. The first-order chi connectivity index (χ1) is 7.22. The van der Waals surface area contributed by atoms with E-state index in [1.807, 2.05) is 11.1 Å². The zero-order chi connectivity index (χ0) is 10.4. The molecule has 2 aliphatic heterocycles. The number of rotatable bonds is 1. The van der Waals surface area contributed by atoms with Crippen molar-refractivity contribution in [3.05, 3.63) is 22.5 Å². The second-order valence-electron chi connectivity index (χ2n) is 3.35. The van der Waals surface area contributed by atoms with E-state index in [-0.39, 0.29) is 16.6 Å². The number of halogens is 2. The molecule has 78 valence electrons. The summed E-state index contributed by atoms with van der Waals surface area (Å²) in [6, 6.07) is 0.259. The Kier molecular flexibility index (Phi) is 1.97. The van der Waals surface area contributed by atoms with E-state index in [9.17, 15) is 0 Å². The third-order valence-corrected chi connectivity index (χ3v) is 2.71. The molecular formula is C8H6Cl2N4O. The minimum atomic E-state index is 0.104. The summed E-state index contributed by atoms with van der Waals surface area (Å²) in [6.45, 7) is 0.659.